The van der Waals surface area contributed by atoms with Crippen molar-refractivity contribution in [2.24, 2.45) is 5.73 Å². The fourth-order valence-corrected chi connectivity index (χ4v) is 6.69. The first kappa shape index (κ1) is 27.3. The molecule has 1 aliphatic carbocycles. The summed E-state index contributed by atoms with van der Waals surface area (Å²) in [6.45, 7) is 1.72. The van der Waals surface area contributed by atoms with Crippen LogP contribution >= 0.6 is 11.6 Å². The highest BCUT2D eigenvalue weighted by molar-refractivity contribution is 7.90. The molecule has 0 amide bonds. The minimum absolute atomic E-state index is 0.0404. The van der Waals surface area contributed by atoms with Crippen LogP contribution in [-0.4, -0.2) is 35.5 Å². The second kappa shape index (κ2) is 10.7. The lowest BCUT2D eigenvalue weighted by Crippen LogP contribution is -2.33. The third kappa shape index (κ3) is 5.57. The topological polar surface area (TPSA) is 111 Å². The molecule has 1 saturated carbocycles. The number of aryl methyl sites for hydroxylation is 1. The molecule has 5 rings (SSSR count). The van der Waals surface area contributed by atoms with Gasteiger partial charge in [-0.15, -0.1) is 0 Å². The van der Waals surface area contributed by atoms with Crippen LogP contribution in [-0.2, 0) is 15.6 Å². The van der Waals surface area contributed by atoms with Gasteiger partial charge in [-0.3, -0.25) is 0 Å². The van der Waals surface area contributed by atoms with E-state index in [1.807, 2.05) is 0 Å². The zero-order chi connectivity index (χ0) is 27.9. The average Bonchev–Trinajstić information content (AvgIpc) is 2.90. The van der Waals surface area contributed by atoms with E-state index in [9.17, 15) is 8.42 Å². The minimum Gasteiger partial charge on any atom is -0.351 e. The lowest BCUT2D eigenvalue weighted by molar-refractivity contribution is 0.410. The molecule has 2 aromatic heterocycles. The van der Waals surface area contributed by atoms with E-state index in [1.165, 1.54) is 36.5 Å². The number of pyridine rings is 1. The van der Waals surface area contributed by atoms with Crippen molar-refractivity contribution in [2.45, 2.75) is 55.3 Å². The van der Waals surface area contributed by atoms with Crippen LogP contribution in [0.2, 0.25) is 5.02 Å². The molecule has 3 N–H and O–H groups in total. The van der Waals surface area contributed by atoms with Crippen molar-refractivity contribution in [3.05, 3.63) is 76.2 Å². The number of fused-ring (bicyclic) bond motifs is 1. The molecule has 12 heteroatoms. The van der Waals surface area contributed by atoms with Crippen LogP contribution in [0, 0.1) is 24.4 Å². The molecule has 2 aromatic carbocycles. The van der Waals surface area contributed by atoms with Gasteiger partial charge in [0.1, 0.15) is 11.3 Å². The lowest BCUT2D eigenvalue weighted by Gasteiger charge is -2.26. The summed E-state index contributed by atoms with van der Waals surface area (Å²) in [6, 6.07) is 8.13. The van der Waals surface area contributed by atoms with Gasteiger partial charge in [-0.05, 0) is 62.4 Å². The monoisotopic (exact) mass is 575 g/mol. The second-order valence-corrected chi connectivity index (χ2v) is 12.1. The van der Waals surface area contributed by atoms with E-state index in [2.05, 4.69) is 20.3 Å². The molecule has 2 heterocycles. The van der Waals surface area contributed by atoms with Gasteiger partial charge in [0.15, 0.2) is 21.5 Å². The number of sulfone groups is 1. The fraction of sp³-hybridized carbons (Fsp3) is 0.296. The molecule has 4 aromatic rings. The first-order valence-electron chi connectivity index (χ1n) is 12.3. The number of anilines is 1. The molecule has 0 bridgehead atoms. The Labute approximate surface area is 228 Å². The summed E-state index contributed by atoms with van der Waals surface area (Å²) in [4.78, 5) is 12.9. The summed E-state index contributed by atoms with van der Waals surface area (Å²) in [7, 11) is -4.26. The maximum Gasteiger partial charge on any atom is 0.223 e. The number of nitrogens with two attached hydrogens (primary N) is 1. The Kier molecular flexibility index (Phi) is 7.49. The van der Waals surface area contributed by atoms with Crippen LogP contribution < -0.4 is 11.1 Å². The van der Waals surface area contributed by atoms with Gasteiger partial charge in [0.2, 0.25) is 5.95 Å². The number of rotatable bonds is 6. The molecular formula is C27H25ClF3N5O2S. The van der Waals surface area contributed by atoms with Gasteiger partial charge >= 0.3 is 0 Å². The zero-order valence-electron chi connectivity index (χ0n) is 20.9. The van der Waals surface area contributed by atoms with Crippen molar-refractivity contribution in [1.82, 2.24) is 15.0 Å². The molecule has 0 unspecified atom stereocenters. The Bertz CT molecular complexity index is 1680. The van der Waals surface area contributed by atoms with Crippen molar-refractivity contribution < 1.29 is 21.6 Å². The summed E-state index contributed by atoms with van der Waals surface area (Å²) in [6.07, 6.45) is 5.11. The Morgan fingerprint density at radius 1 is 1.05 bits per heavy atom. The molecule has 0 radical (unpaired) electrons. The number of aromatic nitrogens is 3. The highest BCUT2D eigenvalue weighted by Gasteiger charge is 2.27. The van der Waals surface area contributed by atoms with Crippen LogP contribution in [0.25, 0.3) is 22.3 Å². The van der Waals surface area contributed by atoms with Gasteiger partial charge in [0.05, 0.1) is 33.1 Å². The van der Waals surface area contributed by atoms with Crippen molar-refractivity contribution in [3.8, 4) is 11.3 Å². The number of nitrogens with one attached hydrogen (secondary N) is 1. The molecule has 0 saturated heterocycles. The summed E-state index contributed by atoms with van der Waals surface area (Å²) in [5.74, 6) is -4.92. The first-order chi connectivity index (χ1) is 18.5. The Morgan fingerprint density at radius 2 is 1.77 bits per heavy atom. The molecule has 1 fully saturated rings. The highest BCUT2D eigenvalue weighted by Crippen LogP contribution is 2.33. The summed E-state index contributed by atoms with van der Waals surface area (Å²) >= 11 is 5.95. The predicted octanol–water partition coefficient (Wildman–Crippen LogP) is 5.73. The Hall–Kier alpha value is -3.28. The Morgan fingerprint density at radius 3 is 2.49 bits per heavy atom. The zero-order valence-corrected chi connectivity index (χ0v) is 22.5. The largest absolute Gasteiger partial charge is 0.351 e. The quantitative estimate of drug-likeness (QED) is 0.283. The van der Waals surface area contributed by atoms with Gasteiger partial charge in [0.25, 0.3) is 0 Å². The predicted molar refractivity (Wildman–Crippen MR) is 144 cm³/mol. The summed E-state index contributed by atoms with van der Waals surface area (Å²) < 4.78 is 70.9. The molecule has 7 nitrogen and oxygen atoms in total. The van der Waals surface area contributed by atoms with Crippen molar-refractivity contribution in [3.63, 3.8) is 0 Å². The number of halogens is 4. The average molecular weight is 576 g/mol. The van der Waals surface area contributed by atoms with E-state index >= 15 is 13.2 Å². The molecule has 0 spiro atoms. The van der Waals surface area contributed by atoms with E-state index in [4.69, 9.17) is 17.3 Å². The standard InChI is InChI=1S/C27H25ClF3N5O2S/c1-14-10-21(35-22-12-33-27(36-26(14)22)34-16-8-6-15(32)7-9-16)17-11-20(29)18(25(31)24(17)30)13-39(37,38)23-5-3-2-4-19(23)28/h2-5,10-12,15-16H,6-9,13,32H2,1H3,(H,33,34,36). The molecule has 0 atom stereocenters. The van der Waals surface area contributed by atoms with Gasteiger partial charge in [0, 0.05) is 23.2 Å². The summed E-state index contributed by atoms with van der Waals surface area (Å²) in [5.41, 5.74) is 5.97. The first-order valence-corrected chi connectivity index (χ1v) is 14.4. The van der Waals surface area contributed by atoms with Crippen LogP contribution in [0.5, 0.6) is 0 Å². The lowest BCUT2D eigenvalue weighted by atomic mass is 9.92. The molecule has 1 aliphatic rings. The van der Waals surface area contributed by atoms with E-state index in [1.54, 1.807) is 6.92 Å². The normalized spacial score (nSPS) is 17.9. The van der Waals surface area contributed by atoms with E-state index in [-0.39, 0.29) is 27.7 Å². The van der Waals surface area contributed by atoms with Crippen LogP contribution in [0.4, 0.5) is 19.1 Å². The molecule has 204 valence electrons. The van der Waals surface area contributed by atoms with Crippen LogP contribution in [0.15, 0.2) is 47.5 Å². The maximum absolute atomic E-state index is 15.2. The smallest absolute Gasteiger partial charge is 0.223 e. The number of hydrogen-bond donors (Lipinski definition) is 2. The van der Waals surface area contributed by atoms with Crippen LogP contribution in [0.1, 0.15) is 36.8 Å². The third-order valence-electron chi connectivity index (χ3n) is 6.88. The summed E-state index contributed by atoms with van der Waals surface area (Å²) in [5, 5.41) is 3.21. The molecular weight excluding hydrogens is 551 g/mol. The SMILES string of the molecule is Cc1cc(-c2cc(F)c(CS(=O)(=O)c3ccccc3Cl)c(F)c2F)nc2cnc(NC3CCC(N)CC3)nc12. The van der Waals surface area contributed by atoms with Gasteiger partial charge in [-0.2, -0.15) is 0 Å². The van der Waals surface area contributed by atoms with Crippen molar-refractivity contribution in [1.29, 1.82) is 0 Å². The molecule has 39 heavy (non-hydrogen) atoms. The van der Waals surface area contributed by atoms with Gasteiger partial charge < -0.3 is 11.1 Å². The molecule has 0 aliphatic heterocycles. The Balaban J connectivity index is 1.46. The van der Waals surface area contributed by atoms with E-state index in [0.29, 0.717) is 22.5 Å². The van der Waals surface area contributed by atoms with Gasteiger partial charge in [-0.1, -0.05) is 23.7 Å². The van der Waals surface area contributed by atoms with Gasteiger partial charge in [-0.25, -0.2) is 36.5 Å². The van der Waals surface area contributed by atoms with Crippen molar-refractivity contribution in [2.75, 3.05) is 5.32 Å². The van der Waals surface area contributed by atoms with Crippen LogP contribution in [0.3, 0.4) is 0 Å². The number of nitrogens with zero attached hydrogens (tertiary/aromatic N) is 3. The number of benzene rings is 2. The minimum atomic E-state index is -4.26. The highest BCUT2D eigenvalue weighted by atomic mass is 35.5. The number of hydrogen-bond acceptors (Lipinski definition) is 7. The second-order valence-electron chi connectivity index (χ2n) is 9.71. The third-order valence-corrected chi connectivity index (χ3v) is 9.01. The van der Waals surface area contributed by atoms with Crippen molar-refractivity contribution >= 4 is 38.4 Å². The van der Waals surface area contributed by atoms with E-state index < -0.39 is 44.2 Å². The fourth-order valence-electron chi connectivity index (χ4n) is 4.75. The van der Waals surface area contributed by atoms with E-state index in [0.717, 1.165) is 31.7 Å². The maximum atomic E-state index is 15.2.